The lowest BCUT2D eigenvalue weighted by Crippen LogP contribution is -2.40. The maximum Gasteiger partial charge on any atom is 0.338 e. The summed E-state index contributed by atoms with van der Waals surface area (Å²) in [5, 5.41) is 1.43. The topological polar surface area (TPSA) is 38.8 Å². The molecule has 6 heteroatoms. The number of nitrogens with zero attached hydrogens (tertiary/aromatic N) is 1. The van der Waals surface area contributed by atoms with Gasteiger partial charge in [0.05, 0.1) is 17.9 Å². The van der Waals surface area contributed by atoms with Crippen LogP contribution < -0.4 is 9.64 Å². The second-order valence-corrected chi connectivity index (χ2v) is 12.0. The SMILES string of the molecule is C=CCS[C@H]1CC[C@H]1CN1CCCCc2cc(Cl)ccc2COc2ccc(C(=O)OCC(C)C)cc21. The summed E-state index contributed by atoms with van der Waals surface area (Å²) in [4.78, 5) is 15.3. The van der Waals surface area contributed by atoms with E-state index in [0.29, 0.717) is 35.9 Å². The van der Waals surface area contributed by atoms with Crippen LogP contribution in [-0.4, -0.2) is 36.7 Å². The molecule has 194 valence electrons. The zero-order valence-electron chi connectivity index (χ0n) is 21.5. The third kappa shape index (κ3) is 7.01. The lowest BCUT2D eigenvalue weighted by atomic mass is 9.84. The minimum Gasteiger partial charge on any atom is -0.487 e. The monoisotopic (exact) mass is 527 g/mol. The highest BCUT2D eigenvalue weighted by Crippen LogP contribution is 2.40. The van der Waals surface area contributed by atoms with Crippen LogP contribution in [0.5, 0.6) is 5.75 Å². The molecule has 0 radical (unpaired) electrons. The lowest BCUT2D eigenvalue weighted by Gasteiger charge is -2.40. The van der Waals surface area contributed by atoms with Crippen LogP contribution in [0.25, 0.3) is 0 Å². The molecule has 36 heavy (non-hydrogen) atoms. The van der Waals surface area contributed by atoms with Crippen molar-refractivity contribution < 1.29 is 14.3 Å². The Hall–Kier alpha value is -2.11. The van der Waals surface area contributed by atoms with Gasteiger partial charge in [-0.2, -0.15) is 11.8 Å². The van der Waals surface area contributed by atoms with Gasteiger partial charge in [-0.15, -0.1) is 6.58 Å². The quantitative estimate of drug-likeness (QED) is 0.261. The van der Waals surface area contributed by atoms with Crippen molar-refractivity contribution in [3.8, 4) is 5.75 Å². The second kappa shape index (κ2) is 12.9. The highest BCUT2D eigenvalue weighted by molar-refractivity contribution is 8.00. The zero-order valence-corrected chi connectivity index (χ0v) is 23.1. The van der Waals surface area contributed by atoms with Gasteiger partial charge in [0, 0.05) is 29.1 Å². The van der Waals surface area contributed by atoms with Gasteiger partial charge in [-0.1, -0.05) is 37.6 Å². The number of anilines is 1. The zero-order chi connectivity index (χ0) is 25.5. The summed E-state index contributed by atoms with van der Waals surface area (Å²) in [6, 6.07) is 11.8. The van der Waals surface area contributed by atoms with Crippen LogP contribution in [0.15, 0.2) is 49.1 Å². The first-order valence-corrected chi connectivity index (χ1v) is 14.6. The summed E-state index contributed by atoms with van der Waals surface area (Å²) in [5.41, 5.74) is 3.99. The molecule has 1 aliphatic heterocycles. The van der Waals surface area contributed by atoms with E-state index in [9.17, 15) is 4.79 Å². The van der Waals surface area contributed by atoms with Crippen molar-refractivity contribution in [3.63, 3.8) is 0 Å². The molecule has 0 N–H and O–H groups in total. The highest BCUT2D eigenvalue weighted by atomic mass is 35.5. The molecule has 1 aliphatic carbocycles. The van der Waals surface area contributed by atoms with Crippen molar-refractivity contribution in [1.82, 2.24) is 0 Å². The Balaban J connectivity index is 1.62. The fourth-order valence-corrected chi connectivity index (χ4v) is 6.21. The van der Waals surface area contributed by atoms with Crippen LogP contribution in [-0.2, 0) is 17.8 Å². The molecule has 1 fully saturated rings. The van der Waals surface area contributed by atoms with Crippen molar-refractivity contribution in [1.29, 1.82) is 0 Å². The van der Waals surface area contributed by atoms with E-state index in [4.69, 9.17) is 21.1 Å². The smallest absolute Gasteiger partial charge is 0.338 e. The minimum absolute atomic E-state index is 0.274. The maximum atomic E-state index is 12.8. The van der Waals surface area contributed by atoms with E-state index < -0.39 is 0 Å². The number of hydrogen-bond donors (Lipinski definition) is 0. The van der Waals surface area contributed by atoms with Crippen molar-refractivity contribution in [2.45, 2.75) is 57.8 Å². The Morgan fingerprint density at radius 2 is 2.08 bits per heavy atom. The molecule has 4 nitrogen and oxygen atoms in total. The van der Waals surface area contributed by atoms with Gasteiger partial charge in [0.15, 0.2) is 0 Å². The molecule has 1 saturated carbocycles. The Labute approximate surface area is 225 Å². The number of benzene rings is 2. The summed E-state index contributed by atoms with van der Waals surface area (Å²) < 4.78 is 12.0. The number of halogens is 1. The van der Waals surface area contributed by atoms with Crippen LogP contribution in [0.3, 0.4) is 0 Å². The van der Waals surface area contributed by atoms with Crippen LogP contribution in [0, 0.1) is 11.8 Å². The summed E-state index contributed by atoms with van der Waals surface area (Å²) in [6.45, 7) is 10.8. The first kappa shape index (κ1) is 26.9. The van der Waals surface area contributed by atoms with Gasteiger partial charge in [0.25, 0.3) is 0 Å². The number of rotatable bonds is 8. The third-order valence-corrected chi connectivity index (χ3v) is 8.70. The third-order valence-electron chi connectivity index (χ3n) is 6.99. The number of carbonyl (C=O) groups excluding carboxylic acids is 1. The fourth-order valence-electron chi connectivity index (χ4n) is 4.83. The molecule has 0 spiro atoms. The fraction of sp³-hybridized carbons (Fsp3) is 0.500. The Morgan fingerprint density at radius 1 is 1.22 bits per heavy atom. The van der Waals surface area contributed by atoms with Crippen molar-refractivity contribution in [2.24, 2.45) is 11.8 Å². The number of carbonyl (C=O) groups is 1. The van der Waals surface area contributed by atoms with Gasteiger partial charge in [-0.25, -0.2) is 4.79 Å². The maximum absolute atomic E-state index is 12.8. The van der Waals surface area contributed by atoms with E-state index in [2.05, 4.69) is 23.6 Å². The Morgan fingerprint density at radius 3 is 2.83 bits per heavy atom. The van der Waals surface area contributed by atoms with Crippen LogP contribution in [0.2, 0.25) is 5.02 Å². The van der Waals surface area contributed by atoms with Crippen LogP contribution >= 0.6 is 23.4 Å². The van der Waals surface area contributed by atoms with E-state index >= 15 is 0 Å². The van der Waals surface area contributed by atoms with Gasteiger partial charge < -0.3 is 14.4 Å². The van der Waals surface area contributed by atoms with Gasteiger partial charge >= 0.3 is 5.97 Å². The summed E-state index contributed by atoms with van der Waals surface area (Å²) in [5.74, 6) is 2.46. The number of aryl methyl sites for hydroxylation is 1. The number of fused-ring (bicyclic) bond motifs is 2. The highest BCUT2D eigenvalue weighted by Gasteiger charge is 2.33. The number of esters is 1. The van der Waals surface area contributed by atoms with Gasteiger partial charge in [0.1, 0.15) is 12.4 Å². The molecule has 2 atom stereocenters. The Bertz CT molecular complexity index is 1060. The standard InChI is InChI=1S/C30H38ClNO3S/c1-4-15-36-29-13-10-24(29)18-32-14-6-5-7-22-16-26(31)11-8-25(22)20-34-28-12-9-23(17-27(28)32)30(33)35-19-21(2)3/h4,8-9,11-12,16-17,21,24,29H,1,5-7,10,13-15,18-20H2,2-3H3/t24-,29-/m0/s1. The average Bonchev–Trinajstić information content (AvgIpc) is 2.88. The minimum atomic E-state index is -0.274. The van der Waals surface area contributed by atoms with Gasteiger partial charge in [0.2, 0.25) is 0 Å². The van der Waals surface area contributed by atoms with E-state index in [1.165, 1.54) is 24.0 Å². The first-order chi connectivity index (χ1) is 17.4. The van der Waals surface area contributed by atoms with E-state index in [0.717, 1.165) is 54.6 Å². The van der Waals surface area contributed by atoms with E-state index in [1.54, 1.807) is 0 Å². The first-order valence-electron chi connectivity index (χ1n) is 13.1. The van der Waals surface area contributed by atoms with E-state index in [1.807, 2.05) is 56.0 Å². The van der Waals surface area contributed by atoms with Crippen molar-refractivity contribution >= 4 is 35.0 Å². The average molecular weight is 528 g/mol. The van der Waals surface area contributed by atoms with Gasteiger partial charge in [-0.3, -0.25) is 0 Å². The molecule has 2 aromatic rings. The van der Waals surface area contributed by atoms with Crippen LogP contribution in [0.1, 0.15) is 61.0 Å². The Kier molecular flexibility index (Phi) is 9.66. The summed E-state index contributed by atoms with van der Waals surface area (Å²) in [7, 11) is 0. The largest absolute Gasteiger partial charge is 0.487 e. The molecule has 0 unspecified atom stereocenters. The number of ether oxygens (including phenoxy) is 2. The number of hydrogen-bond acceptors (Lipinski definition) is 5. The molecule has 0 bridgehead atoms. The van der Waals surface area contributed by atoms with Gasteiger partial charge in [-0.05, 0) is 85.4 Å². The van der Waals surface area contributed by atoms with Crippen molar-refractivity contribution in [3.05, 3.63) is 70.8 Å². The molecular formula is C30H38ClNO3S. The summed E-state index contributed by atoms with van der Waals surface area (Å²) >= 11 is 8.31. The van der Waals surface area contributed by atoms with Crippen LogP contribution in [0.4, 0.5) is 5.69 Å². The van der Waals surface area contributed by atoms with E-state index in [-0.39, 0.29) is 5.97 Å². The molecule has 1 heterocycles. The second-order valence-electron chi connectivity index (χ2n) is 10.3. The molecule has 0 amide bonds. The molecule has 4 rings (SSSR count). The normalized spacial score (nSPS) is 19.8. The summed E-state index contributed by atoms with van der Waals surface area (Å²) in [6.07, 6.45) is 7.62. The molecule has 0 aromatic heterocycles. The molecule has 2 aliphatic rings. The van der Waals surface area contributed by atoms with Crippen molar-refractivity contribution in [2.75, 3.05) is 30.3 Å². The number of thioether (sulfide) groups is 1. The predicted molar refractivity (Wildman–Crippen MR) is 152 cm³/mol. The lowest BCUT2D eigenvalue weighted by molar-refractivity contribution is 0.0459. The molecule has 2 aromatic carbocycles. The molecular weight excluding hydrogens is 490 g/mol. The molecule has 0 saturated heterocycles. The predicted octanol–water partition coefficient (Wildman–Crippen LogP) is 7.57.